The highest BCUT2D eigenvalue weighted by Gasteiger charge is 2.38. The summed E-state index contributed by atoms with van der Waals surface area (Å²) in [5, 5.41) is 3.34. The molecule has 2 aliphatic rings. The Hall–Kier alpha value is -0.810. The Labute approximate surface area is 120 Å². The van der Waals surface area contributed by atoms with Crippen LogP contribution in [0.5, 0.6) is 0 Å². The molecule has 2 rings (SSSR count). The molecular formula is C13H24ClN3O2. The average Bonchev–Trinajstić information content (AvgIpc) is 2.39. The molecule has 2 fully saturated rings. The zero-order chi connectivity index (χ0) is 13.2. The molecule has 0 aromatic rings. The summed E-state index contributed by atoms with van der Waals surface area (Å²) in [7, 11) is 0. The normalized spacial score (nSPS) is 28.6. The van der Waals surface area contributed by atoms with Crippen molar-refractivity contribution in [2.24, 2.45) is 11.7 Å². The van der Waals surface area contributed by atoms with Gasteiger partial charge in [-0.05, 0) is 45.6 Å². The molecule has 0 aromatic heterocycles. The third-order valence-electron chi connectivity index (χ3n) is 4.28. The molecule has 19 heavy (non-hydrogen) atoms. The first-order valence-electron chi connectivity index (χ1n) is 6.87. The lowest BCUT2D eigenvalue weighted by molar-refractivity contribution is -0.141. The number of rotatable bonds is 2. The van der Waals surface area contributed by atoms with Crippen molar-refractivity contribution in [3.05, 3.63) is 0 Å². The van der Waals surface area contributed by atoms with Gasteiger partial charge in [-0.2, -0.15) is 0 Å². The van der Waals surface area contributed by atoms with E-state index in [0.717, 1.165) is 25.8 Å². The maximum Gasteiger partial charge on any atom is 0.242 e. The predicted octanol–water partition coefficient (Wildman–Crippen LogP) is 0.664. The van der Waals surface area contributed by atoms with Crippen LogP contribution < -0.4 is 11.1 Å². The minimum absolute atomic E-state index is 0. The number of likely N-dealkylation sites (tertiary alicyclic amines) is 1. The van der Waals surface area contributed by atoms with Crippen molar-refractivity contribution in [3.63, 3.8) is 0 Å². The summed E-state index contributed by atoms with van der Waals surface area (Å²) < 4.78 is 0. The van der Waals surface area contributed by atoms with Crippen molar-refractivity contribution in [1.82, 2.24) is 10.2 Å². The zero-order valence-corrected chi connectivity index (χ0v) is 12.3. The number of halogens is 1. The van der Waals surface area contributed by atoms with E-state index in [1.165, 1.54) is 0 Å². The number of primary amides is 1. The highest BCUT2D eigenvalue weighted by atomic mass is 35.5. The van der Waals surface area contributed by atoms with E-state index >= 15 is 0 Å². The van der Waals surface area contributed by atoms with Gasteiger partial charge in [0.05, 0.1) is 5.54 Å². The number of nitrogens with zero attached hydrogens (tertiary/aromatic N) is 1. The first kappa shape index (κ1) is 16.2. The lowest BCUT2D eigenvalue weighted by Crippen LogP contribution is -2.59. The van der Waals surface area contributed by atoms with E-state index in [-0.39, 0.29) is 30.1 Å². The molecular weight excluding hydrogens is 266 g/mol. The van der Waals surface area contributed by atoms with Gasteiger partial charge in [-0.3, -0.25) is 9.59 Å². The van der Waals surface area contributed by atoms with E-state index < -0.39 is 5.54 Å². The van der Waals surface area contributed by atoms with Crippen LogP contribution in [0, 0.1) is 5.92 Å². The lowest BCUT2D eigenvalue weighted by atomic mass is 9.88. The molecule has 5 nitrogen and oxygen atoms in total. The van der Waals surface area contributed by atoms with Crippen LogP contribution >= 0.6 is 12.4 Å². The van der Waals surface area contributed by atoms with E-state index in [4.69, 9.17) is 5.73 Å². The van der Waals surface area contributed by atoms with Crippen LogP contribution in [0.2, 0.25) is 0 Å². The fraction of sp³-hybridized carbons (Fsp3) is 0.846. The van der Waals surface area contributed by atoms with Gasteiger partial charge in [-0.25, -0.2) is 0 Å². The molecule has 0 radical (unpaired) electrons. The van der Waals surface area contributed by atoms with Gasteiger partial charge in [-0.1, -0.05) is 0 Å². The average molecular weight is 290 g/mol. The minimum atomic E-state index is -0.405. The molecule has 0 saturated carbocycles. The molecule has 6 heteroatoms. The summed E-state index contributed by atoms with van der Waals surface area (Å²) in [4.78, 5) is 25.5. The molecule has 0 aromatic carbocycles. The maximum atomic E-state index is 12.5. The molecule has 0 bridgehead atoms. The van der Waals surface area contributed by atoms with Crippen molar-refractivity contribution < 1.29 is 9.59 Å². The second-order valence-electron chi connectivity index (χ2n) is 5.68. The monoisotopic (exact) mass is 289 g/mol. The van der Waals surface area contributed by atoms with Gasteiger partial charge in [0, 0.05) is 19.0 Å². The molecule has 1 atom stereocenters. The van der Waals surface area contributed by atoms with E-state index in [0.29, 0.717) is 25.9 Å². The van der Waals surface area contributed by atoms with E-state index in [1.807, 2.05) is 11.8 Å². The minimum Gasteiger partial charge on any atom is -0.369 e. The third-order valence-corrected chi connectivity index (χ3v) is 4.28. The van der Waals surface area contributed by atoms with Gasteiger partial charge in [0.2, 0.25) is 11.8 Å². The molecule has 110 valence electrons. The van der Waals surface area contributed by atoms with Crippen LogP contribution in [0.25, 0.3) is 0 Å². The standard InChI is InChI=1S/C13H23N3O2.ClH/c1-13(6-2-3-7-15-13)12(18)16-8-4-10(5-9-16)11(14)17;/h10,15H,2-9H2,1H3,(H2,14,17);1H. The van der Waals surface area contributed by atoms with Gasteiger partial charge < -0.3 is 16.0 Å². The Kier molecular flexibility index (Phi) is 5.62. The number of nitrogens with one attached hydrogen (secondary N) is 1. The molecule has 1 unspecified atom stereocenters. The number of carbonyl (C=O) groups excluding carboxylic acids is 2. The van der Waals surface area contributed by atoms with Crippen LogP contribution in [-0.4, -0.2) is 41.9 Å². The van der Waals surface area contributed by atoms with Gasteiger partial charge in [0.15, 0.2) is 0 Å². The lowest BCUT2D eigenvalue weighted by Gasteiger charge is -2.40. The molecule has 3 N–H and O–H groups in total. The van der Waals surface area contributed by atoms with Crippen molar-refractivity contribution >= 4 is 24.2 Å². The number of amides is 2. The number of hydrogen-bond donors (Lipinski definition) is 2. The summed E-state index contributed by atoms with van der Waals surface area (Å²) in [6, 6.07) is 0. The quantitative estimate of drug-likeness (QED) is 0.784. The molecule has 0 spiro atoms. The SMILES string of the molecule is CC1(C(=O)N2CCC(C(N)=O)CC2)CCCCN1.Cl. The Bertz CT molecular complexity index is 335. The fourth-order valence-electron chi connectivity index (χ4n) is 2.95. The van der Waals surface area contributed by atoms with Gasteiger partial charge in [0.25, 0.3) is 0 Å². The zero-order valence-electron chi connectivity index (χ0n) is 11.5. The van der Waals surface area contributed by atoms with E-state index in [2.05, 4.69) is 5.32 Å². The Morgan fingerprint density at radius 2 is 1.89 bits per heavy atom. The molecule has 0 aliphatic carbocycles. The second kappa shape index (κ2) is 6.57. The highest BCUT2D eigenvalue weighted by Crippen LogP contribution is 2.24. The molecule has 2 amide bonds. The van der Waals surface area contributed by atoms with Crippen molar-refractivity contribution in [2.45, 2.75) is 44.6 Å². The van der Waals surface area contributed by atoms with Crippen LogP contribution in [0.3, 0.4) is 0 Å². The number of carbonyl (C=O) groups is 2. The summed E-state index contributed by atoms with van der Waals surface area (Å²) in [5.74, 6) is -0.101. The van der Waals surface area contributed by atoms with E-state index in [1.54, 1.807) is 0 Å². The van der Waals surface area contributed by atoms with Crippen LogP contribution in [0.15, 0.2) is 0 Å². The number of piperidine rings is 2. The first-order chi connectivity index (χ1) is 8.53. The Morgan fingerprint density at radius 3 is 2.37 bits per heavy atom. The van der Waals surface area contributed by atoms with Gasteiger partial charge in [-0.15, -0.1) is 12.4 Å². The van der Waals surface area contributed by atoms with Crippen LogP contribution in [-0.2, 0) is 9.59 Å². The highest BCUT2D eigenvalue weighted by molar-refractivity contribution is 5.86. The van der Waals surface area contributed by atoms with Crippen molar-refractivity contribution in [2.75, 3.05) is 19.6 Å². The van der Waals surface area contributed by atoms with Crippen LogP contribution in [0.1, 0.15) is 39.0 Å². The summed E-state index contributed by atoms with van der Waals surface area (Å²) in [6.45, 7) is 4.22. The molecule has 2 saturated heterocycles. The summed E-state index contributed by atoms with van der Waals surface area (Å²) >= 11 is 0. The number of nitrogens with two attached hydrogens (primary N) is 1. The number of hydrogen-bond acceptors (Lipinski definition) is 3. The van der Waals surface area contributed by atoms with Crippen molar-refractivity contribution in [3.8, 4) is 0 Å². The Balaban J connectivity index is 0.00000180. The van der Waals surface area contributed by atoms with Gasteiger partial charge >= 0.3 is 0 Å². The summed E-state index contributed by atoms with van der Waals surface area (Å²) in [6.07, 6.45) is 4.56. The predicted molar refractivity (Wildman–Crippen MR) is 76.0 cm³/mol. The van der Waals surface area contributed by atoms with E-state index in [9.17, 15) is 9.59 Å². The fourth-order valence-corrected chi connectivity index (χ4v) is 2.95. The first-order valence-corrected chi connectivity index (χ1v) is 6.87. The third kappa shape index (κ3) is 3.60. The van der Waals surface area contributed by atoms with Gasteiger partial charge in [0.1, 0.15) is 0 Å². The smallest absolute Gasteiger partial charge is 0.242 e. The van der Waals surface area contributed by atoms with Crippen molar-refractivity contribution in [1.29, 1.82) is 0 Å². The largest absolute Gasteiger partial charge is 0.369 e. The summed E-state index contributed by atoms with van der Waals surface area (Å²) in [5.41, 5.74) is 4.90. The topological polar surface area (TPSA) is 75.4 Å². The molecule has 2 heterocycles. The maximum absolute atomic E-state index is 12.5. The van der Waals surface area contributed by atoms with Crippen LogP contribution in [0.4, 0.5) is 0 Å². The second-order valence-corrected chi connectivity index (χ2v) is 5.68. The molecule has 2 aliphatic heterocycles. The Morgan fingerprint density at radius 1 is 1.26 bits per heavy atom.